The summed E-state index contributed by atoms with van der Waals surface area (Å²) in [5, 5.41) is 17.4. The van der Waals surface area contributed by atoms with Gasteiger partial charge in [0, 0.05) is 0 Å². The highest BCUT2D eigenvalue weighted by atomic mass is 16.5. The van der Waals surface area contributed by atoms with Gasteiger partial charge in [0.2, 0.25) is 0 Å². The fourth-order valence-electron chi connectivity index (χ4n) is 2.40. The number of aliphatic hydroxyl groups excluding tert-OH is 1. The molecule has 0 bridgehead atoms. The van der Waals surface area contributed by atoms with Crippen molar-refractivity contribution in [2.75, 3.05) is 0 Å². The minimum Gasteiger partial charge on any atom is -0.368 e. The molecule has 2 heteroatoms. The maximum atomic E-state index is 8.71. The first-order chi connectivity index (χ1) is 9.77. The van der Waals surface area contributed by atoms with Gasteiger partial charge in [-0.1, -0.05) is 70.4 Å². The van der Waals surface area contributed by atoms with Crippen LogP contribution in [0.2, 0.25) is 0 Å². The van der Waals surface area contributed by atoms with Gasteiger partial charge >= 0.3 is 0 Å². The zero-order chi connectivity index (χ0) is 14.9. The molecule has 0 radical (unpaired) electrons. The molecule has 0 saturated heterocycles. The van der Waals surface area contributed by atoms with Crippen molar-refractivity contribution < 1.29 is 10.2 Å². The summed E-state index contributed by atoms with van der Waals surface area (Å²) in [6.45, 7) is 2.25. The lowest BCUT2D eigenvalue weighted by Gasteiger charge is -2.03. The summed E-state index contributed by atoms with van der Waals surface area (Å²) in [6.07, 6.45) is 20.7. The lowest BCUT2D eigenvalue weighted by atomic mass is 10.1. The number of hydrogen-bond donors (Lipinski definition) is 2. The first kappa shape index (κ1) is 19.7. The molecule has 20 heavy (non-hydrogen) atoms. The van der Waals surface area contributed by atoms with Gasteiger partial charge in [-0.2, -0.15) is 0 Å². The van der Waals surface area contributed by atoms with Crippen molar-refractivity contribution in [2.45, 2.75) is 103 Å². The van der Waals surface area contributed by atoms with Crippen molar-refractivity contribution in [3.05, 3.63) is 12.2 Å². The molecule has 0 aliphatic carbocycles. The van der Waals surface area contributed by atoms with Crippen molar-refractivity contribution in [3.8, 4) is 0 Å². The Bertz CT molecular complexity index is 200. The molecule has 0 amide bonds. The van der Waals surface area contributed by atoms with Crippen LogP contribution in [0.5, 0.6) is 0 Å². The predicted molar refractivity (Wildman–Crippen MR) is 87.7 cm³/mol. The Balaban J connectivity index is 3.02. The van der Waals surface area contributed by atoms with Crippen LogP contribution in [0.4, 0.5) is 0 Å². The van der Waals surface area contributed by atoms with Gasteiger partial charge in [0.1, 0.15) is 0 Å². The highest BCUT2D eigenvalue weighted by Crippen LogP contribution is 2.11. The van der Waals surface area contributed by atoms with Gasteiger partial charge in [-0.15, -0.1) is 0 Å². The monoisotopic (exact) mass is 284 g/mol. The average molecular weight is 284 g/mol. The molecule has 0 unspecified atom stereocenters. The molecular formula is C18H36O2. The highest BCUT2D eigenvalue weighted by molar-refractivity contribution is 4.81. The summed E-state index contributed by atoms with van der Waals surface area (Å²) >= 11 is 0. The van der Waals surface area contributed by atoms with E-state index in [0.717, 1.165) is 12.8 Å². The van der Waals surface area contributed by atoms with Gasteiger partial charge in [0.15, 0.2) is 6.29 Å². The van der Waals surface area contributed by atoms with E-state index < -0.39 is 6.29 Å². The summed E-state index contributed by atoms with van der Waals surface area (Å²) in [6, 6.07) is 0. The standard InChI is InChI=1S/C18H36O2/c1-2-3-4-5-6-7-8-9-10-11-12-13-14-15-16-17-18(19)20/h6-7,18-20H,2-5,8-17H2,1H3. The Hall–Kier alpha value is -0.340. The molecule has 0 aromatic heterocycles. The molecule has 0 aromatic carbocycles. The van der Waals surface area contributed by atoms with Crippen molar-refractivity contribution in [3.63, 3.8) is 0 Å². The van der Waals surface area contributed by atoms with E-state index in [1.807, 2.05) is 0 Å². The molecule has 0 spiro atoms. The first-order valence-electron chi connectivity index (χ1n) is 8.78. The van der Waals surface area contributed by atoms with E-state index in [0.29, 0.717) is 6.42 Å². The fraction of sp³-hybridized carbons (Fsp3) is 0.889. The predicted octanol–water partition coefficient (Wildman–Crippen LogP) is 5.33. The maximum Gasteiger partial charge on any atom is 0.151 e. The molecule has 2 N–H and O–H groups in total. The number of hydrogen-bond acceptors (Lipinski definition) is 2. The van der Waals surface area contributed by atoms with Gasteiger partial charge in [-0.25, -0.2) is 0 Å². The minimum absolute atomic E-state index is 0.532. The molecule has 0 heterocycles. The van der Waals surface area contributed by atoms with Crippen LogP contribution in [0, 0.1) is 0 Å². The summed E-state index contributed by atoms with van der Waals surface area (Å²) in [5.74, 6) is 0. The molecule has 0 saturated carbocycles. The normalized spacial score (nSPS) is 11.8. The van der Waals surface area contributed by atoms with Crippen molar-refractivity contribution >= 4 is 0 Å². The van der Waals surface area contributed by atoms with Crippen LogP contribution in [0.3, 0.4) is 0 Å². The van der Waals surface area contributed by atoms with Crippen molar-refractivity contribution in [1.29, 1.82) is 0 Å². The fourth-order valence-corrected chi connectivity index (χ4v) is 2.40. The zero-order valence-electron chi connectivity index (χ0n) is 13.5. The van der Waals surface area contributed by atoms with Crippen LogP contribution >= 0.6 is 0 Å². The van der Waals surface area contributed by atoms with Gasteiger partial charge in [-0.3, -0.25) is 0 Å². The van der Waals surface area contributed by atoms with E-state index in [9.17, 15) is 0 Å². The number of rotatable bonds is 15. The van der Waals surface area contributed by atoms with E-state index in [1.165, 1.54) is 70.6 Å². The third-order valence-corrected chi connectivity index (χ3v) is 3.72. The quantitative estimate of drug-likeness (QED) is 0.242. The molecule has 0 aromatic rings. The minimum atomic E-state index is -1.11. The van der Waals surface area contributed by atoms with Crippen LogP contribution in [0.15, 0.2) is 12.2 Å². The van der Waals surface area contributed by atoms with Crippen molar-refractivity contribution in [1.82, 2.24) is 0 Å². The third-order valence-electron chi connectivity index (χ3n) is 3.72. The summed E-state index contributed by atoms with van der Waals surface area (Å²) in [4.78, 5) is 0. The van der Waals surface area contributed by atoms with E-state index in [-0.39, 0.29) is 0 Å². The lowest BCUT2D eigenvalue weighted by molar-refractivity contribution is -0.0466. The maximum absolute atomic E-state index is 8.71. The van der Waals surface area contributed by atoms with E-state index in [4.69, 9.17) is 10.2 Å². The second-order valence-corrected chi connectivity index (χ2v) is 5.85. The van der Waals surface area contributed by atoms with Crippen LogP contribution < -0.4 is 0 Å². The van der Waals surface area contributed by atoms with E-state index in [1.54, 1.807) is 0 Å². The Morgan fingerprint density at radius 1 is 0.650 bits per heavy atom. The highest BCUT2D eigenvalue weighted by Gasteiger charge is 1.96. The number of unbranched alkanes of at least 4 members (excludes halogenated alkanes) is 11. The molecule has 2 nitrogen and oxygen atoms in total. The molecular weight excluding hydrogens is 248 g/mol. The molecule has 0 rings (SSSR count). The third kappa shape index (κ3) is 17.7. The second-order valence-electron chi connectivity index (χ2n) is 5.85. The van der Waals surface area contributed by atoms with Gasteiger partial charge in [-0.05, 0) is 38.5 Å². The first-order valence-corrected chi connectivity index (χ1v) is 8.78. The smallest absolute Gasteiger partial charge is 0.151 e. The Kier molecular flexibility index (Phi) is 16.4. The topological polar surface area (TPSA) is 40.5 Å². The number of allylic oxidation sites excluding steroid dienone is 2. The van der Waals surface area contributed by atoms with Gasteiger partial charge in [0.25, 0.3) is 0 Å². The summed E-state index contributed by atoms with van der Waals surface area (Å²) < 4.78 is 0. The van der Waals surface area contributed by atoms with Gasteiger partial charge in [0.05, 0.1) is 0 Å². The molecule has 0 aliphatic rings. The summed E-state index contributed by atoms with van der Waals surface area (Å²) in [5.41, 5.74) is 0. The van der Waals surface area contributed by atoms with E-state index >= 15 is 0 Å². The van der Waals surface area contributed by atoms with Crippen LogP contribution in [0.25, 0.3) is 0 Å². The Morgan fingerprint density at radius 2 is 1.10 bits per heavy atom. The van der Waals surface area contributed by atoms with Crippen LogP contribution in [0.1, 0.15) is 96.8 Å². The summed E-state index contributed by atoms with van der Waals surface area (Å²) in [7, 11) is 0. The molecule has 0 aliphatic heterocycles. The van der Waals surface area contributed by atoms with Crippen LogP contribution in [-0.4, -0.2) is 16.5 Å². The van der Waals surface area contributed by atoms with E-state index in [2.05, 4.69) is 19.1 Å². The second kappa shape index (κ2) is 16.7. The lowest BCUT2D eigenvalue weighted by Crippen LogP contribution is -2.02. The Morgan fingerprint density at radius 3 is 1.60 bits per heavy atom. The Labute approximate surface area is 126 Å². The molecule has 0 atom stereocenters. The SMILES string of the molecule is CCCCCC=CCCCCCCCCCCC(O)O. The molecule has 120 valence electrons. The molecule has 0 fully saturated rings. The number of aliphatic hydroxyl groups is 2. The largest absolute Gasteiger partial charge is 0.368 e. The zero-order valence-corrected chi connectivity index (χ0v) is 13.5. The van der Waals surface area contributed by atoms with Gasteiger partial charge < -0.3 is 10.2 Å². The average Bonchev–Trinajstić information content (AvgIpc) is 2.43. The van der Waals surface area contributed by atoms with Crippen molar-refractivity contribution in [2.24, 2.45) is 0 Å². The van der Waals surface area contributed by atoms with Crippen LogP contribution in [-0.2, 0) is 0 Å².